The highest BCUT2D eigenvalue weighted by atomic mass is 35.5. The van der Waals surface area contributed by atoms with E-state index in [4.69, 9.17) is 16.3 Å². The molecule has 6 atom stereocenters. The molecule has 2 aliphatic heterocycles. The van der Waals surface area contributed by atoms with Crippen molar-refractivity contribution in [2.75, 3.05) is 18.6 Å². The summed E-state index contributed by atoms with van der Waals surface area (Å²) in [6.07, 6.45) is 5.38. The fourth-order valence-electron chi connectivity index (χ4n) is 7.59. The summed E-state index contributed by atoms with van der Waals surface area (Å²) in [6.45, 7) is 1.46. The Morgan fingerprint density at radius 1 is 1.11 bits per heavy atom. The second kappa shape index (κ2) is 11.1. The van der Waals surface area contributed by atoms with E-state index >= 15 is 0 Å². The molecule has 0 aromatic heterocycles. The first-order chi connectivity index (χ1) is 21.4. The third-order valence-corrected chi connectivity index (χ3v) is 10.1. The standard InChI is InChI=1S/C33H30ClFN2O8/c1-33-21(8-3-16-4-10-25(38)26(13-16)45-2)18-6-7-19-28(31(43)36(29(19)41)12-11-27(39)40)20(18)15-22(33)30(42)37(32(33)44)17-5-9-24(35)23(34)14-17/h3-6,8-10,13-14,19-22,28,38H,7,11-12,15H2,1-2H3,(H,39,40)/t19-,20+,21-,22-,28-,33-/m0/s1. The van der Waals surface area contributed by atoms with Gasteiger partial charge < -0.3 is 14.9 Å². The number of ether oxygens (including phenoxy) is 1. The van der Waals surface area contributed by atoms with Gasteiger partial charge in [0, 0.05) is 12.5 Å². The Hall–Kier alpha value is -4.51. The number of phenols is 1. The van der Waals surface area contributed by atoms with Crippen molar-refractivity contribution in [1.82, 2.24) is 4.90 Å². The lowest BCUT2D eigenvalue weighted by molar-refractivity contribution is -0.142. The Kier molecular flexibility index (Phi) is 7.55. The number of carbonyl (C=O) groups excluding carboxylic acids is 4. The first-order valence-corrected chi connectivity index (χ1v) is 14.9. The van der Waals surface area contributed by atoms with E-state index in [2.05, 4.69) is 0 Å². The minimum Gasteiger partial charge on any atom is -0.504 e. The van der Waals surface area contributed by atoms with Crippen LogP contribution in [0.5, 0.6) is 11.5 Å². The number of methoxy groups -OCH3 is 1. The number of aliphatic carboxylic acids is 1. The molecule has 1 saturated carbocycles. The van der Waals surface area contributed by atoms with Crippen LogP contribution in [0, 0.1) is 40.8 Å². The van der Waals surface area contributed by atoms with Gasteiger partial charge in [-0.05, 0) is 61.6 Å². The van der Waals surface area contributed by atoms with Crippen LogP contribution < -0.4 is 9.64 Å². The predicted octanol–water partition coefficient (Wildman–Crippen LogP) is 4.44. The molecule has 3 fully saturated rings. The third kappa shape index (κ3) is 4.72. The third-order valence-electron chi connectivity index (χ3n) is 9.83. The molecule has 234 valence electrons. The van der Waals surface area contributed by atoms with E-state index in [9.17, 15) is 38.6 Å². The summed E-state index contributed by atoms with van der Waals surface area (Å²) in [6, 6.07) is 8.37. The maximum Gasteiger partial charge on any atom is 0.305 e. The number of hydrogen-bond donors (Lipinski definition) is 2. The fraction of sp³-hybridized carbons (Fsp3) is 0.364. The topological polar surface area (TPSA) is 142 Å². The average molecular weight is 637 g/mol. The lowest BCUT2D eigenvalue weighted by Crippen LogP contribution is -2.49. The van der Waals surface area contributed by atoms with E-state index in [1.165, 1.54) is 25.3 Å². The number of hydrogen-bond acceptors (Lipinski definition) is 7. The van der Waals surface area contributed by atoms with Crippen LogP contribution >= 0.6 is 11.6 Å². The Bertz CT molecular complexity index is 1720. The number of imide groups is 2. The van der Waals surface area contributed by atoms with Crippen LogP contribution in [-0.2, 0) is 24.0 Å². The molecular formula is C33H30ClFN2O8. The number of rotatable bonds is 7. The molecule has 0 spiro atoms. The number of nitrogens with zero attached hydrogens (tertiary/aromatic N) is 2. The van der Waals surface area contributed by atoms with E-state index in [0.717, 1.165) is 21.4 Å². The Labute approximate surface area is 262 Å². The molecule has 0 unspecified atom stereocenters. The van der Waals surface area contributed by atoms with E-state index in [0.29, 0.717) is 5.56 Å². The summed E-state index contributed by atoms with van der Waals surface area (Å²) in [5, 5.41) is 19.0. The quantitative estimate of drug-likeness (QED) is 0.336. The molecule has 2 N–H and O–H groups in total. The summed E-state index contributed by atoms with van der Waals surface area (Å²) in [5.41, 5.74) is 0.213. The Balaban J connectivity index is 1.44. The number of allylic oxidation sites excluding steroid dienone is 3. The lowest BCUT2D eigenvalue weighted by atomic mass is 9.52. The van der Waals surface area contributed by atoms with Crippen molar-refractivity contribution in [1.29, 1.82) is 0 Å². The van der Waals surface area contributed by atoms with Crippen LogP contribution in [0.15, 0.2) is 54.1 Å². The molecule has 45 heavy (non-hydrogen) atoms. The van der Waals surface area contributed by atoms with Crippen LogP contribution in [0.25, 0.3) is 6.08 Å². The van der Waals surface area contributed by atoms with Gasteiger partial charge in [-0.1, -0.05) is 41.5 Å². The predicted molar refractivity (Wildman–Crippen MR) is 159 cm³/mol. The van der Waals surface area contributed by atoms with Crippen LogP contribution in [0.1, 0.15) is 31.7 Å². The molecule has 2 aromatic carbocycles. The number of benzene rings is 2. The summed E-state index contributed by atoms with van der Waals surface area (Å²) in [7, 11) is 1.42. The molecule has 6 rings (SSSR count). The van der Waals surface area contributed by atoms with Gasteiger partial charge >= 0.3 is 5.97 Å². The van der Waals surface area contributed by atoms with Crippen molar-refractivity contribution in [2.45, 2.75) is 26.2 Å². The lowest BCUT2D eigenvalue weighted by Gasteiger charge is -2.47. The monoisotopic (exact) mass is 636 g/mol. The number of carbonyl (C=O) groups is 5. The van der Waals surface area contributed by atoms with Crippen molar-refractivity contribution in [3.63, 3.8) is 0 Å². The van der Waals surface area contributed by atoms with Gasteiger partial charge in [0.05, 0.1) is 47.4 Å². The molecule has 10 nitrogen and oxygen atoms in total. The maximum atomic E-state index is 14.3. The second-order valence-corrected chi connectivity index (χ2v) is 12.5. The zero-order valence-corrected chi connectivity index (χ0v) is 25.2. The fourth-order valence-corrected chi connectivity index (χ4v) is 7.76. The van der Waals surface area contributed by atoms with Gasteiger partial charge in [-0.3, -0.25) is 28.9 Å². The van der Waals surface area contributed by atoms with E-state index in [1.807, 2.05) is 6.08 Å². The molecule has 2 saturated heterocycles. The molecule has 2 aromatic rings. The minimum atomic E-state index is -1.31. The molecule has 0 bridgehead atoms. The van der Waals surface area contributed by atoms with Gasteiger partial charge in [-0.2, -0.15) is 0 Å². The molecule has 0 radical (unpaired) electrons. The summed E-state index contributed by atoms with van der Waals surface area (Å²) < 4.78 is 19.3. The number of amides is 4. The van der Waals surface area contributed by atoms with Crippen molar-refractivity contribution in [3.8, 4) is 11.5 Å². The van der Waals surface area contributed by atoms with Gasteiger partial charge in [0.1, 0.15) is 5.82 Å². The summed E-state index contributed by atoms with van der Waals surface area (Å²) >= 11 is 6.02. The number of aromatic hydroxyl groups is 1. The molecule has 2 heterocycles. The smallest absolute Gasteiger partial charge is 0.305 e. The normalized spacial score (nSPS) is 29.2. The number of carboxylic acid groups (broad SMARTS) is 1. The number of phenolic OH excluding ortho intramolecular Hbond substituents is 1. The first-order valence-electron chi connectivity index (χ1n) is 14.5. The highest BCUT2D eigenvalue weighted by Crippen LogP contribution is 2.61. The van der Waals surface area contributed by atoms with Crippen LogP contribution in [0.3, 0.4) is 0 Å². The SMILES string of the molecule is COc1cc(C=C[C@H]2C3=CC[C@@H]4C(=O)N(CCC(=O)O)C(=O)[C@@H]4[C@@H]3C[C@H]3C(=O)N(c4ccc(F)c(Cl)c4)C(=O)[C@@]23C)ccc1O. The number of halogens is 2. The molecule has 4 amide bonds. The second-order valence-electron chi connectivity index (χ2n) is 12.1. The Morgan fingerprint density at radius 3 is 2.56 bits per heavy atom. The minimum absolute atomic E-state index is 0.0533. The average Bonchev–Trinajstić information content (AvgIpc) is 3.36. The molecular weight excluding hydrogens is 607 g/mol. The van der Waals surface area contributed by atoms with Crippen LogP contribution in [0.4, 0.5) is 10.1 Å². The number of fused-ring (bicyclic) bond motifs is 4. The van der Waals surface area contributed by atoms with Gasteiger partial charge in [-0.25, -0.2) is 9.29 Å². The highest BCUT2D eigenvalue weighted by Gasteiger charge is 2.66. The number of anilines is 1. The molecule has 12 heteroatoms. The Morgan fingerprint density at radius 2 is 1.87 bits per heavy atom. The van der Waals surface area contributed by atoms with E-state index in [-0.39, 0.29) is 48.0 Å². The summed E-state index contributed by atoms with van der Waals surface area (Å²) in [5.74, 6) is -7.23. The maximum absolute atomic E-state index is 14.3. The van der Waals surface area contributed by atoms with Crippen molar-refractivity contribution < 1.29 is 43.3 Å². The van der Waals surface area contributed by atoms with Crippen molar-refractivity contribution in [3.05, 3.63) is 70.5 Å². The van der Waals surface area contributed by atoms with E-state index < -0.39 is 70.4 Å². The van der Waals surface area contributed by atoms with Crippen molar-refractivity contribution >= 4 is 53.0 Å². The van der Waals surface area contributed by atoms with Crippen LogP contribution in [-0.4, -0.2) is 58.4 Å². The number of likely N-dealkylation sites (tertiary alicyclic amines) is 1. The van der Waals surface area contributed by atoms with Crippen LogP contribution in [0.2, 0.25) is 5.02 Å². The van der Waals surface area contributed by atoms with E-state index in [1.54, 1.807) is 31.2 Å². The number of carboxylic acids is 1. The first kappa shape index (κ1) is 30.5. The zero-order chi connectivity index (χ0) is 32.4. The van der Waals surface area contributed by atoms with Gasteiger partial charge in [0.25, 0.3) is 0 Å². The van der Waals surface area contributed by atoms with Gasteiger partial charge in [0.15, 0.2) is 11.5 Å². The molecule has 2 aliphatic carbocycles. The van der Waals surface area contributed by atoms with Gasteiger partial charge in [-0.15, -0.1) is 0 Å². The molecule has 4 aliphatic rings. The zero-order valence-electron chi connectivity index (χ0n) is 24.4. The van der Waals surface area contributed by atoms with Gasteiger partial charge in [0.2, 0.25) is 23.6 Å². The summed E-state index contributed by atoms with van der Waals surface area (Å²) in [4.78, 5) is 68.7. The largest absolute Gasteiger partial charge is 0.504 e. The highest BCUT2D eigenvalue weighted by molar-refractivity contribution is 6.31. The van der Waals surface area contributed by atoms with Crippen molar-refractivity contribution in [2.24, 2.45) is 35.0 Å².